The lowest BCUT2D eigenvalue weighted by molar-refractivity contribution is 0.338. The lowest BCUT2D eigenvalue weighted by Crippen LogP contribution is -2.35. The summed E-state index contributed by atoms with van der Waals surface area (Å²) >= 11 is 0. The number of aromatic nitrogens is 7. The fourth-order valence-electron chi connectivity index (χ4n) is 4.57. The maximum atomic E-state index is 4.48. The molecule has 0 unspecified atom stereocenters. The molecule has 4 heterocycles. The van der Waals surface area contributed by atoms with Crippen molar-refractivity contribution in [2.75, 3.05) is 18.0 Å². The maximum Gasteiger partial charge on any atom is 0.182 e. The molecular weight excluding hydrogens is 340 g/mol. The fourth-order valence-corrected chi connectivity index (χ4v) is 4.57. The molecule has 3 aromatic heterocycles. The zero-order valence-electron chi connectivity index (χ0n) is 15.6. The number of aromatic amines is 1. The molecule has 1 N–H and O–H groups in total. The van der Waals surface area contributed by atoms with Crippen molar-refractivity contribution < 1.29 is 0 Å². The van der Waals surface area contributed by atoms with E-state index in [1.54, 1.807) is 12.7 Å². The van der Waals surface area contributed by atoms with E-state index in [1.807, 2.05) is 0 Å². The highest BCUT2D eigenvalue weighted by atomic mass is 15.4. The van der Waals surface area contributed by atoms with Gasteiger partial charge in [0, 0.05) is 31.7 Å². The van der Waals surface area contributed by atoms with Crippen LogP contribution in [0.3, 0.4) is 0 Å². The Morgan fingerprint density at radius 1 is 1.00 bits per heavy atom. The standard InChI is InChI=1S/C19H26N8/c1-2-4-15(5-3-1)16-11-27(25-24-16)10-14-6-8-26(9-7-14)19-17-18(21-12-20-17)22-13-23-19/h11-15H,1-10H2,(H,20,21,22,23). The predicted octanol–water partition coefficient (Wildman–Crippen LogP) is 2.91. The van der Waals surface area contributed by atoms with Gasteiger partial charge in [0.1, 0.15) is 11.8 Å². The number of piperidine rings is 1. The first kappa shape index (κ1) is 16.6. The molecular formula is C19H26N8. The zero-order chi connectivity index (χ0) is 18.1. The van der Waals surface area contributed by atoms with Crippen molar-refractivity contribution in [3.63, 3.8) is 0 Å². The Bertz CT molecular complexity index is 886. The Balaban J connectivity index is 1.20. The van der Waals surface area contributed by atoms with Gasteiger partial charge in [-0.3, -0.25) is 4.68 Å². The van der Waals surface area contributed by atoms with Crippen LogP contribution in [0.25, 0.3) is 11.2 Å². The van der Waals surface area contributed by atoms with Crippen LogP contribution >= 0.6 is 0 Å². The van der Waals surface area contributed by atoms with Crippen LogP contribution < -0.4 is 4.90 Å². The number of H-pyrrole nitrogens is 1. The van der Waals surface area contributed by atoms with E-state index in [-0.39, 0.29) is 0 Å². The quantitative estimate of drug-likeness (QED) is 0.764. The molecule has 1 saturated carbocycles. The summed E-state index contributed by atoms with van der Waals surface area (Å²) in [5, 5.41) is 8.89. The molecule has 0 bridgehead atoms. The molecule has 3 aromatic rings. The first-order chi connectivity index (χ1) is 13.4. The van der Waals surface area contributed by atoms with Gasteiger partial charge in [0.15, 0.2) is 11.5 Å². The molecule has 27 heavy (non-hydrogen) atoms. The summed E-state index contributed by atoms with van der Waals surface area (Å²) in [6, 6.07) is 0. The normalized spacial score (nSPS) is 19.8. The Morgan fingerprint density at radius 2 is 1.85 bits per heavy atom. The lowest BCUT2D eigenvalue weighted by atomic mass is 9.87. The second-order valence-corrected chi connectivity index (χ2v) is 7.93. The topological polar surface area (TPSA) is 88.4 Å². The highest BCUT2D eigenvalue weighted by Gasteiger charge is 2.24. The largest absolute Gasteiger partial charge is 0.355 e. The number of nitrogens with one attached hydrogen (secondary N) is 1. The van der Waals surface area contributed by atoms with Gasteiger partial charge in [0.25, 0.3) is 0 Å². The van der Waals surface area contributed by atoms with Gasteiger partial charge in [0.05, 0.1) is 12.0 Å². The number of hydrogen-bond donors (Lipinski definition) is 1. The summed E-state index contributed by atoms with van der Waals surface area (Å²) < 4.78 is 2.07. The van der Waals surface area contributed by atoms with Gasteiger partial charge in [-0.25, -0.2) is 15.0 Å². The highest BCUT2D eigenvalue weighted by molar-refractivity contribution is 5.82. The summed E-state index contributed by atoms with van der Waals surface area (Å²) in [4.78, 5) is 18.4. The minimum absolute atomic E-state index is 0.629. The van der Waals surface area contributed by atoms with Gasteiger partial charge in [-0.15, -0.1) is 5.10 Å². The van der Waals surface area contributed by atoms with Crippen molar-refractivity contribution in [2.45, 2.75) is 57.4 Å². The van der Waals surface area contributed by atoms with E-state index in [9.17, 15) is 0 Å². The summed E-state index contributed by atoms with van der Waals surface area (Å²) in [5.74, 6) is 2.24. The fraction of sp³-hybridized carbons (Fsp3) is 0.632. The average Bonchev–Trinajstić information content (AvgIpc) is 3.38. The van der Waals surface area contributed by atoms with Crippen molar-refractivity contribution in [3.8, 4) is 0 Å². The third-order valence-electron chi connectivity index (χ3n) is 6.14. The van der Waals surface area contributed by atoms with Crippen molar-refractivity contribution in [1.29, 1.82) is 0 Å². The molecule has 0 amide bonds. The summed E-state index contributed by atoms with van der Waals surface area (Å²) in [7, 11) is 0. The minimum atomic E-state index is 0.629. The zero-order valence-corrected chi connectivity index (χ0v) is 15.6. The molecule has 0 aromatic carbocycles. The number of fused-ring (bicyclic) bond motifs is 1. The molecule has 8 nitrogen and oxygen atoms in total. The van der Waals surface area contributed by atoms with E-state index in [0.717, 1.165) is 49.5 Å². The first-order valence-corrected chi connectivity index (χ1v) is 10.2. The average molecular weight is 366 g/mol. The Kier molecular flexibility index (Phi) is 4.47. The maximum absolute atomic E-state index is 4.48. The van der Waals surface area contributed by atoms with Crippen LogP contribution in [0.2, 0.25) is 0 Å². The third-order valence-corrected chi connectivity index (χ3v) is 6.14. The van der Waals surface area contributed by atoms with Crippen LogP contribution in [-0.4, -0.2) is 48.0 Å². The summed E-state index contributed by atoms with van der Waals surface area (Å²) in [5.41, 5.74) is 2.87. The Labute approximate surface area is 158 Å². The second-order valence-electron chi connectivity index (χ2n) is 7.93. The SMILES string of the molecule is c1nc(N2CCC(Cn3cc(C4CCCCC4)nn3)CC2)c2[nH]cnc2n1. The summed E-state index contributed by atoms with van der Waals surface area (Å²) in [6.45, 7) is 2.97. The number of rotatable bonds is 4. The van der Waals surface area contributed by atoms with Gasteiger partial charge in [-0.1, -0.05) is 24.5 Å². The molecule has 2 fully saturated rings. The predicted molar refractivity (Wildman–Crippen MR) is 102 cm³/mol. The van der Waals surface area contributed by atoms with Crippen molar-refractivity contribution >= 4 is 17.0 Å². The third kappa shape index (κ3) is 3.40. The first-order valence-electron chi connectivity index (χ1n) is 10.2. The molecule has 1 aliphatic carbocycles. The molecule has 8 heteroatoms. The lowest BCUT2D eigenvalue weighted by Gasteiger charge is -2.32. The molecule has 5 rings (SSSR count). The number of anilines is 1. The molecule has 0 spiro atoms. The number of imidazole rings is 1. The molecule has 1 aliphatic heterocycles. The van der Waals surface area contributed by atoms with Gasteiger partial charge >= 0.3 is 0 Å². The van der Waals surface area contributed by atoms with Crippen LogP contribution in [-0.2, 0) is 6.54 Å². The minimum Gasteiger partial charge on any atom is -0.355 e. The van der Waals surface area contributed by atoms with Crippen LogP contribution in [0.15, 0.2) is 18.9 Å². The van der Waals surface area contributed by atoms with Gasteiger partial charge in [-0.2, -0.15) is 0 Å². The van der Waals surface area contributed by atoms with E-state index in [4.69, 9.17) is 0 Å². The van der Waals surface area contributed by atoms with E-state index in [1.165, 1.54) is 37.8 Å². The van der Waals surface area contributed by atoms with Gasteiger partial charge < -0.3 is 9.88 Å². The molecule has 142 valence electrons. The van der Waals surface area contributed by atoms with Crippen LogP contribution in [0.4, 0.5) is 5.82 Å². The molecule has 2 aliphatic rings. The molecule has 1 saturated heterocycles. The van der Waals surface area contributed by atoms with Gasteiger partial charge in [0.2, 0.25) is 0 Å². The van der Waals surface area contributed by atoms with Crippen LogP contribution in [0.5, 0.6) is 0 Å². The van der Waals surface area contributed by atoms with Crippen LogP contribution in [0.1, 0.15) is 56.6 Å². The second kappa shape index (κ2) is 7.25. The molecule has 0 atom stereocenters. The van der Waals surface area contributed by atoms with Gasteiger partial charge in [-0.05, 0) is 31.6 Å². The van der Waals surface area contributed by atoms with Crippen LogP contribution in [0, 0.1) is 5.92 Å². The smallest absolute Gasteiger partial charge is 0.182 e. The monoisotopic (exact) mass is 366 g/mol. The van der Waals surface area contributed by atoms with Crippen molar-refractivity contribution in [2.24, 2.45) is 5.92 Å². The Hall–Kier alpha value is -2.51. The van der Waals surface area contributed by atoms with E-state index in [0.29, 0.717) is 11.8 Å². The van der Waals surface area contributed by atoms with E-state index >= 15 is 0 Å². The van der Waals surface area contributed by atoms with E-state index in [2.05, 4.69) is 46.0 Å². The van der Waals surface area contributed by atoms with E-state index < -0.39 is 0 Å². The molecule has 0 radical (unpaired) electrons. The highest BCUT2D eigenvalue weighted by Crippen LogP contribution is 2.31. The van der Waals surface area contributed by atoms with Crippen molar-refractivity contribution in [1.82, 2.24) is 34.9 Å². The Morgan fingerprint density at radius 3 is 2.70 bits per heavy atom. The summed E-state index contributed by atoms with van der Waals surface area (Å²) in [6.07, 6.45) is 14.4. The number of nitrogens with zero attached hydrogens (tertiary/aromatic N) is 7. The number of hydrogen-bond acceptors (Lipinski definition) is 6. The van der Waals surface area contributed by atoms with Crippen molar-refractivity contribution in [3.05, 3.63) is 24.5 Å².